The van der Waals surface area contributed by atoms with Crippen LogP contribution < -0.4 is 5.32 Å². The minimum atomic E-state index is -0.609. The molecule has 1 rings (SSSR count). The molecular formula is C12H18N2O5. The number of carbonyl (C=O) groups is 3. The van der Waals surface area contributed by atoms with Crippen molar-refractivity contribution in [1.82, 2.24) is 10.2 Å². The Labute approximate surface area is 111 Å². The van der Waals surface area contributed by atoms with Crippen LogP contribution >= 0.6 is 0 Å². The first-order valence-electron chi connectivity index (χ1n) is 5.99. The monoisotopic (exact) mass is 270 g/mol. The number of alkyl carbamates (subject to hydrolysis) is 1. The fourth-order valence-electron chi connectivity index (χ4n) is 1.82. The van der Waals surface area contributed by atoms with E-state index in [9.17, 15) is 14.4 Å². The second-order valence-electron chi connectivity index (χ2n) is 4.03. The number of ether oxygens (including phenoxy) is 2. The molecular weight excluding hydrogens is 252 g/mol. The van der Waals surface area contributed by atoms with Crippen molar-refractivity contribution < 1.29 is 23.9 Å². The van der Waals surface area contributed by atoms with Crippen LogP contribution in [0.3, 0.4) is 0 Å². The highest BCUT2D eigenvalue weighted by Crippen LogP contribution is 2.16. The summed E-state index contributed by atoms with van der Waals surface area (Å²) in [4.78, 5) is 35.7. The maximum atomic E-state index is 11.8. The molecule has 0 aromatic rings. The molecule has 0 bridgehead atoms. The van der Waals surface area contributed by atoms with Crippen LogP contribution in [0.25, 0.3) is 0 Å². The van der Waals surface area contributed by atoms with Gasteiger partial charge in [-0.1, -0.05) is 12.7 Å². The van der Waals surface area contributed by atoms with Crippen LogP contribution in [0.4, 0.5) is 4.79 Å². The second-order valence-corrected chi connectivity index (χ2v) is 4.03. The summed E-state index contributed by atoms with van der Waals surface area (Å²) in [6, 6.07) is 0. The van der Waals surface area contributed by atoms with Gasteiger partial charge in [-0.25, -0.2) is 4.79 Å². The number of amides is 2. The highest BCUT2D eigenvalue weighted by atomic mass is 16.5. The Balaban J connectivity index is 2.49. The lowest BCUT2D eigenvalue weighted by Gasteiger charge is -2.24. The predicted molar refractivity (Wildman–Crippen MR) is 66.0 cm³/mol. The maximum absolute atomic E-state index is 11.8. The molecule has 7 nitrogen and oxygen atoms in total. The lowest BCUT2D eigenvalue weighted by Crippen LogP contribution is -2.47. The van der Waals surface area contributed by atoms with Crippen LogP contribution in [-0.4, -0.2) is 49.3 Å². The topological polar surface area (TPSA) is 84.9 Å². The van der Waals surface area contributed by atoms with Gasteiger partial charge in [0.25, 0.3) is 0 Å². The van der Waals surface area contributed by atoms with Gasteiger partial charge in [-0.05, 0) is 12.8 Å². The summed E-state index contributed by atoms with van der Waals surface area (Å²) in [5, 5.41) is 2.58. The number of likely N-dealkylation sites (tertiary alicyclic amines) is 1. The van der Waals surface area contributed by atoms with E-state index in [1.807, 2.05) is 0 Å². The summed E-state index contributed by atoms with van der Waals surface area (Å²) >= 11 is 0. The smallest absolute Gasteiger partial charge is 0.409 e. The molecule has 1 atom stereocenters. The van der Waals surface area contributed by atoms with E-state index in [1.165, 1.54) is 18.1 Å². The quantitative estimate of drug-likeness (QED) is 0.444. The van der Waals surface area contributed by atoms with Gasteiger partial charge in [0.1, 0.15) is 19.2 Å². The largest absolute Gasteiger partial charge is 0.469 e. The molecule has 1 aliphatic heterocycles. The van der Waals surface area contributed by atoms with Crippen molar-refractivity contribution in [3.8, 4) is 0 Å². The number of hydrogen-bond donors (Lipinski definition) is 1. The number of nitrogens with one attached hydrogen (secondary N) is 1. The van der Waals surface area contributed by atoms with Crippen molar-refractivity contribution in [2.24, 2.45) is 0 Å². The van der Waals surface area contributed by atoms with Gasteiger partial charge in [0.15, 0.2) is 0 Å². The second kappa shape index (κ2) is 7.40. The molecule has 106 valence electrons. The first-order valence-corrected chi connectivity index (χ1v) is 5.99. The molecule has 0 radical (unpaired) electrons. The van der Waals surface area contributed by atoms with Crippen molar-refractivity contribution in [3.05, 3.63) is 12.7 Å². The van der Waals surface area contributed by atoms with Gasteiger partial charge < -0.3 is 19.7 Å². The predicted octanol–water partition coefficient (Wildman–Crippen LogP) is 0.410. The van der Waals surface area contributed by atoms with Crippen molar-refractivity contribution in [1.29, 1.82) is 0 Å². The number of rotatable bonds is 5. The van der Waals surface area contributed by atoms with Crippen molar-refractivity contribution in [3.63, 3.8) is 0 Å². The Bertz CT molecular complexity index is 369. The van der Waals surface area contributed by atoms with Gasteiger partial charge in [-0.15, -0.1) is 0 Å². The first-order chi connectivity index (χ1) is 9.08. The fraction of sp³-hybridized carbons (Fsp3) is 0.583. The van der Waals surface area contributed by atoms with E-state index < -0.39 is 18.2 Å². The fourth-order valence-corrected chi connectivity index (χ4v) is 1.82. The zero-order chi connectivity index (χ0) is 14.3. The van der Waals surface area contributed by atoms with Gasteiger partial charge in [0.2, 0.25) is 5.91 Å². The van der Waals surface area contributed by atoms with Crippen molar-refractivity contribution in [2.75, 3.05) is 20.3 Å². The number of hydrogen-bond acceptors (Lipinski definition) is 5. The van der Waals surface area contributed by atoms with Crippen LogP contribution in [0.15, 0.2) is 12.7 Å². The molecule has 1 N–H and O–H groups in total. The van der Waals surface area contributed by atoms with Crippen LogP contribution in [0.2, 0.25) is 0 Å². The third kappa shape index (κ3) is 4.61. The van der Waals surface area contributed by atoms with Gasteiger partial charge >= 0.3 is 12.1 Å². The summed E-state index contributed by atoms with van der Waals surface area (Å²) < 4.78 is 9.23. The molecule has 19 heavy (non-hydrogen) atoms. The van der Waals surface area contributed by atoms with Crippen LogP contribution in [0.1, 0.15) is 19.3 Å². The zero-order valence-corrected chi connectivity index (χ0v) is 10.9. The van der Waals surface area contributed by atoms with Gasteiger partial charge in [0.05, 0.1) is 7.11 Å². The average Bonchev–Trinajstić information content (AvgIpc) is 2.84. The summed E-state index contributed by atoms with van der Waals surface area (Å²) in [5.41, 5.74) is 0. The van der Waals surface area contributed by atoms with Crippen LogP contribution in [-0.2, 0) is 19.1 Å². The van der Waals surface area contributed by atoms with E-state index in [4.69, 9.17) is 4.74 Å². The van der Waals surface area contributed by atoms with Crippen molar-refractivity contribution >= 4 is 18.0 Å². The molecule has 2 amide bonds. The molecule has 0 aromatic heterocycles. The Kier molecular flexibility index (Phi) is 5.84. The van der Waals surface area contributed by atoms with E-state index >= 15 is 0 Å². The number of esters is 1. The first kappa shape index (κ1) is 15.0. The van der Waals surface area contributed by atoms with E-state index in [1.54, 1.807) is 0 Å². The average molecular weight is 270 g/mol. The third-order valence-electron chi connectivity index (χ3n) is 2.71. The normalized spacial score (nSPS) is 17.7. The van der Waals surface area contributed by atoms with Gasteiger partial charge in [0, 0.05) is 6.54 Å². The van der Waals surface area contributed by atoms with Gasteiger partial charge in [-0.3, -0.25) is 9.59 Å². The molecule has 1 fully saturated rings. The van der Waals surface area contributed by atoms with E-state index in [-0.39, 0.29) is 18.9 Å². The highest BCUT2D eigenvalue weighted by Gasteiger charge is 2.31. The lowest BCUT2D eigenvalue weighted by atomic mass is 10.3. The van der Waals surface area contributed by atoms with Crippen molar-refractivity contribution in [2.45, 2.75) is 25.4 Å². The Morgan fingerprint density at radius 1 is 1.47 bits per heavy atom. The summed E-state index contributed by atoms with van der Waals surface area (Å²) in [6.07, 6.45) is 1.48. The van der Waals surface area contributed by atoms with Crippen LogP contribution in [0.5, 0.6) is 0 Å². The standard InChI is InChI=1S/C12H18N2O5/c1-3-7-19-12(17)13-9-5-4-6-14(9)10(15)8-11(16)18-2/h3,9H,1,4-8H2,2H3,(H,13,17)/t9-/m0/s1. The Morgan fingerprint density at radius 2 is 2.21 bits per heavy atom. The van der Waals surface area contributed by atoms with Crippen LogP contribution in [0, 0.1) is 0 Å². The molecule has 0 aromatic carbocycles. The molecule has 1 heterocycles. The Hall–Kier alpha value is -2.05. The summed E-state index contributed by atoms with van der Waals surface area (Å²) in [7, 11) is 1.22. The maximum Gasteiger partial charge on any atom is 0.409 e. The molecule has 0 unspecified atom stereocenters. The summed E-state index contributed by atoms with van der Waals surface area (Å²) in [5.74, 6) is -0.955. The molecule has 0 spiro atoms. The number of carbonyl (C=O) groups excluding carboxylic acids is 3. The highest BCUT2D eigenvalue weighted by molar-refractivity contribution is 5.94. The Morgan fingerprint density at radius 3 is 2.84 bits per heavy atom. The number of nitrogens with zero attached hydrogens (tertiary/aromatic N) is 1. The van der Waals surface area contributed by atoms with E-state index in [0.717, 1.165) is 6.42 Å². The molecule has 7 heteroatoms. The van der Waals surface area contributed by atoms with E-state index in [2.05, 4.69) is 16.6 Å². The lowest BCUT2D eigenvalue weighted by molar-refractivity contribution is -0.147. The third-order valence-corrected chi connectivity index (χ3v) is 2.71. The molecule has 1 saturated heterocycles. The van der Waals surface area contributed by atoms with Gasteiger partial charge in [-0.2, -0.15) is 0 Å². The molecule has 0 saturated carbocycles. The SMILES string of the molecule is C=CCOC(=O)N[C@@H]1CCCN1C(=O)CC(=O)OC. The minimum Gasteiger partial charge on any atom is -0.469 e. The minimum absolute atomic E-state index is 0.106. The van der Waals surface area contributed by atoms with E-state index in [0.29, 0.717) is 13.0 Å². The molecule has 1 aliphatic rings. The zero-order valence-electron chi connectivity index (χ0n) is 10.9. The molecule has 0 aliphatic carbocycles. The number of methoxy groups -OCH3 is 1. The summed E-state index contributed by atoms with van der Waals surface area (Å²) in [6.45, 7) is 4.04.